The first-order valence-electron chi connectivity index (χ1n) is 5.57. The summed E-state index contributed by atoms with van der Waals surface area (Å²) in [5.41, 5.74) is 0.300. The van der Waals surface area contributed by atoms with Gasteiger partial charge < -0.3 is 0 Å². The number of hydrogen-bond donors (Lipinski definition) is 0. The summed E-state index contributed by atoms with van der Waals surface area (Å²) in [5.74, 6) is -0.0372. The smallest absolute Gasteiger partial charge is 0.258 e. The molecule has 0 radical (unpaired) electrons. The van der Waals surface area contributed by atoms with Gasteiger partial charge in [0.05, 0.1) is 8.49 Å². The average molecular weight is 386 g/mol. The van der Waals surface area contributed by atoms with Gasteiger partial charge in [0, 0.05) is 17.0 Å². The van der Waals surface area contributed by atoms with E-state index in [1.54, 1.807) is 22.6 Å². The van der Waals surface area contributed by atoms with Crippen LogP contribution >= 0.6 is 34.2 Å². The molecule has 0 aliphatic heterocycles. The summed E-state index contributed by atoms with van der Waals surface area (Å²) in [6.07, 6.45) is 1.05. The molecule has 0 bridgehead atoms. The van der Waals surface area contributed by atoms with E-state index in [0.717, 1.165) is 6.42 Å². The molecule has 1 atom stereocenters. The number of hydrogen-bond acceptors (Lipinski definition) is 2. The molecule has 1 unspecified atom stereocenters. The Balaban J connectivity index is 3.00. The van der Waals surface area contributed by atoms with Crippen molar-refractivity contribution in [2.45, 2.75) is 32.1 Å². The first-order chi connectivity index (χ1) is 8.31. The van der Waals surface area contributed by atoms with Crippen LogP contribution in [0.4, 0.5) is 10.1 Å². The van der Waals surface area contributed by atoms with Crippen LogP contribution in [0.5, 0.6) is 0 Å². The third kappa shape index (κ3) is 4.35. The van der Waals surface area contributed by atoms with Crippen LogP contribution in [0, 0.1) is 25.4 Å². The second kappa shape index (κ2) is 6.65. The quantitative estimate of drug-likeness (QED) is 0.323. The van der Waals surface area contributed by atoms with E-state index in [9.17, 15) is 14.5 Å². The molecule has 0 fully saturated rings. The van der Waals surface area contributed by atoms with Gasteiger partial charge in [0.2, 0.25) is 0 Å². The van der Waals surface area contributed by atoms with E-state index in [1.165, 1.54) is 12.1 Å². The number of nitrogens with zero attached hydrogens (tertiary/aromatic N) is 1. The molecule has 100 valence electrons. The molecular formula is C12H14ClFINO2. The summed E-state index contributed by atoms with van der Waals surface area (Å²) in [5, 5.41) is 10.7. The van der Waals surface area contributed by atoms with Crippen molar-refractivity contribution in [3.8, 4) is 0 Å². The zero-order valence-electron chi connectivity index (χ0n) is 10.1. The van der Waals surface area contributed by atoms with Crippen molar-refractivity contribution in [1.29, 1.82) is 0 Å². The molecule has 3 nitrogen and oxygen atoms in total. The molecule has 1 rings (SSSR count). The van der Waals surface area contributed by atoms with E-state index in [4.69, 9.17) is 11.6 Å². The largest absolute Gasteiger partial charge is 0.273 e. The second-order valence-electron chi connectivity index (χ2n) is 4.58. The third-order valence-electron chi connectivity index (χ3n) is 2.49. The van der Waals surface area contributed by atoms with Crippen molar-refractivity contribution in [3.63, 3.8) is 0 Å². The van der Waals surface area contributed by atoms with Crippen molar-refractivity contribution >= 4 is 39.9 Å². The van der Waals surface area contributed by atoms with Crippen LogP contribution in [0.25, 0.3) is 0 Å². The first-order valence-corrected chi connectivity index (χ1v) is 7.09. The molecule has 1 aromatic rings. The standard InChI is InChI=1S/C12H14ClFINO2/c1-7(2)3-9(13)4-8-5-10(14)11(15)6-12(8)16(17)18/h5-7,9H,3-4H2,1-2H3. The van der Waals surface area contributed by atoms with Gasteiger partial charge in [-0.2, -0.15) is 0 Å². The molecule has 6 heteroatoms. The highest BCUT2D eigenvalue weighted by atomic mass is 127. The number of halogens is 3. The van der Waals surface area contributed by atoms with Crippen molar-refractivity contribution in [1.82, 2.24) is 0 Å². The molecule has 0 saturated heterocycles. The fraction of sp³-hybridized carbons (Fsp3) is 0.500. The summed E-state index contributed by atoms with van der Waals surface area (Å²) in [6, 6.07) is 2.47. The molecule has 0 saturated carbocycles. The average Bonchev–Trinajstić information content (AvgIpc) is 2.21. The lowest BCUT2D eigenvalue weighted by Crippen LogP contribution is -2.09. The predicted molar refractivity (Wildman–Crippen MR) is 78.6 cm³/mol. The second-order valence-corrected chi connectivity index (χ2v) is 6.36. The Hall–Kier alpha value is -0.430. The topological polar surface area (TPSA) is 43.1 Å². The Morgan fingerprint density at radius 3 is 2.61 bits per heavy atom. The Morgan fingerprint density at radius 1 is 1.50 bits per heavy atom. The van der Waals surface area contributed by atoms with Crippen LogP contribution in [-0.4, -0.2) is 10.3 Å². The van der Waals surface area contributed by atoms with E-state index >= 15 is 0 Å². The van der Waals surface area contributed by atoms with Crippen molar-refractivity contribution in [3.05, 3.63) is 37.2 Å². The zero-order chi connectivity index (χ0) is 13.9. The molecule has 18 heavy (non-hydrogen) atoms. The monoisotopic (exact) mass is 385 g/mol. The molecule has 0 aliphatic rings. The van der Waals surface area contributed by atoms with Gasteiger partial charge >= 0.3 is 0 Å². The van der Waals surface area contributed by atoms with Crippen LogP contribution in [0.15, 0.2) is 12.1 Å². The normalized spacial score (nSPS) is 12.8. The van der Waals surface area contributed by atoms with Crippen LogP contribution in [0.1, 0.15) is 25.8 Å². The van der Waals surface area contributed by atoms with Crippen molar-refractivity contribution in [2.24, 2.45) is 5.92 Å². The van der Waals surface area contributed by atoms with Gasteiger partial charge in [-0.05, 0) is 47.4 Å². The van der Waals surface area contributed by atoms with Gasteiger partial charge in [0.25, 0.3) is 5.69 Å². The molecule has 0 aromatic heterocycles. The molecular weight excluding hydrogens is 371 g/mol. The number of rotatable bonds is 5. The van der Waals surface area contributed by atoms with Gasteiger partial charge in [-0.25, -0.2) is 4.39 Å². The Labute approximate surface area is 124 Å². The third-order valence-corrected chi connectivity index (χ3v) is 3.65. The number of alkyl halides is 1. The highest BCUT2D eigenvalue weighted by Gasteiger charge is 2.20. The maximum atomic E-state index is 13.5. The van der Waals surface area contributed by atoms with Gasteiger partial charge in [0.1, 0.15) is 5.82 Å². The van der Waals surface area contributed by atoms with Gasteiger partial charge in [-0.15, -0.1) is 11.6 Å². The van der Waals surface area contributed by atoms with E-state index in [0.29, 0.717) is 17.9 Å². The Morgan fingerprint density at radius 2 is 2.11 bits per heavy atom. The first kappa shape index (κ1) is 15.6. The minimum Gasteiger partial charge on any atom is -0.258 e. The number of benzene rings is 1. The maximum absolute atomic E-state index is 13.5. The minimum atomic E-state index is -0.490. The SMILES string of the molecule is CC(C)CC(Cl)Cc1cc(F)c(I)cc1[N+](=O)[O-]. The van der Waals surface area contributed by atoms with E-state index in [2.05, 4.69) is 0 Å². The molecule has 0 amide bonds. The lowest BCUT2D eigenvalue weighted by atomic mass is 10.0. The van der Waals surface area contributed by atoms with E-state index < -0.39 is 10.7 Å². The summed E-state index contributed by atoms with van der Waals surface area (Å²) in [6.45, 7) is 4.05. The Bertz CT molecular complexity index is 454. The molecule has 0 N–H and O–H groups in total. The molecule has 0 heterocycles. The van der Waals surface area contributed by atoms with Crippen LogP contribution in [0.2, 0.25) is 0 Å². The lowest BCUT2D eigenvalue weighted by molar-refractivity contribution is -0.385. The predicted octanol–water partition coefficient (Wildman–Crippen LogP) is 4.53. The minimum absolute atomic E-state index is 0.0600. The number of nitro benzene ring substituents is 1. The van der Waals surface area contributed by atoms with Crippen LogP contribution in [-0.2, 0) is 6.42 Å². The fourth-order valence-electron chi connectivity index (χ4n) is 1.74. The lowest BCUT2D eigenvalue weighted by Gasteiger charge is -2.12. The molecule has 0 aliphatic carbocycles. The maximum Gasteiger partial charge on any atom is 0.273 e. The van der Waals surface area contributed by atoms with Crippen LogP contribution < -0.4 is 0 Å². The van der Waals surface area contributed by atoms with Gasteiger partial charge in [0.15, 0.2) is 0 Å². The highest BCUT2D eigenvalue weighted by molar-refractivity contribution is 14.1. The number of nitro groups is 1. The van der Waals surface area contributed by atoms with Crippen molar-refractivity contribution < 1.29 is 9.31 Å². The zero-order valence-corrected chi connectivity index (χ0v) is 13.0. The molecule has 0 spiro atoms. The highest BCUT2D eigenvalue weighted by Crippen LogP contribution is 2.27. The molecule has 1 aromatic carbocycles. The van der Waals surface area contributed by atoms with Crippen molar-refractivity contribution in [2.75, 3.05) is 0 Å². The summed E-state index contributed by atoms with van der Waals surface area (Å²) < 4.78 is 13.7. The van der Waals surface area contributed by atoms with E-state index in [1.807, 2.05) is 13.8 Å². The Kier molecular flexibility index (Phi) is 5.78. The van der Waals surface area contributed by atoms with Gasteiger partial charge in [-0.1, -0.05) is 13.8 Å². The summed E-state index contributed by atoms with van der Waals surface area (Å²) >= 11 is 7.87. The fourth-order valence-corrected chi connectivity index (χ4v) is 2.72. The summed E-state index contributed by atoms with van der Waals surface area (Å²) in [4.78, 5) is 10.4. The van der Waals surface area contributed by atoms with Crippen LogP contribution in [0.3, 0.4) is 0 Å². The summed E-state index contributed by atoms with van der Waals surface area (Å²) in [7, 11) is 0. The van der Waals surface area contributed by atoms with E-state index in [-0.39, 0.29) is 14.6 Å². The van der Waals surface area contributed by atoms with Gasteiger partial charge in [-0.3, -0.25) is 10.1 Å².